The Balaban J connectivity index is 1.67. The Morgan fingerprint density at radius 2 is 1.85 bits per heavy atom. The zero-order valence-electron chi connectivity index (χ0n) is 14.9. The van der Waals surface area contributed by atoms with E-state index in [0.717, 1.165) is 50.6 Å². The van der Waals surface area contributed by atoms with Crippen LogP contribution in [0.5, 0.6) is 0 Å². The highest BCUT2D eigenvalue weighted by atomic mass is 79.9. The molecule has 0 unspecified atom stereocenters. The maximum atomic E-state index is 6.41. The van der Waals surface area contributed by atoms with Crippen LogP contribution in [0, 0.1) is 0 Å². The molecular weight excluding hydrogens is 412 g/mol. The van der Waals surface area contributed by atoms with E-state index in [1.807, 2.05) is 6.07 Å². The molecule has 136 valence electrons. The summed E-state index contributed by atoms with van der Waals surface area (Å²) in [4.78, 5) is 4.87. The minimum Gasteiger partial charge on any atom is -0.339 e. The fourth-order valence-electron chi connectivity index (χ4n) is 4.39. The molecule has 1 aromatic carbocycles. The number of hydrogen-bond donors (Lipinski definition) is 0. The average Bonchev–Trinajstić information content (AvgIpc) is 2.98. The number of likely N-dealkylation sites (N-methyl/N-ethyl adjacent to an activating group) is 1. The SMILES string of the molecule is CN1CCN(N2C=C3C=C(Br)CC4=C3N(CC4)c3ccc(Cl)cc32)CC1. The molecule has 1 saturated heterocycles. The summed E-state index contributed by atoms with van der Waals surface area (Å²) in [5, 5.41) is 5.58. The van der Waals surface area contributed by atoms with Crippen LogP contribution in [0.2, 0.25) is 5.02 Å². The third-order valence-electron chi connectivity index (χ3n) is 5.73. The number of benzene rings is 1. The summed E-state index contributed by atoms with van der Waals surface area (Å²) in [6.07, 6.45) is 6.75. The molecule has 0 spiro atoms. The molecule has 3 aliphatic heterocycles. The smallest absolute Gasteiger partial charge is 0.0825 e. The third kappa shape index (κ3) is 2.73. The molecule has 0 amide bonds. The Bertz CT molecular complexity index is 851. The first-order valence-corrected chi connectivity index (χ1v) is 10.4. The second kappa shape index (κ2) is 6.41. The fourth-order valence-corrected chi connectivity index (χ4v) is 5.14. The summed E-state index contributed by atoms with van der Waals surface area (Å²) in [6, 6.07) is 6.31. The summed E-state index contributed by atoms with van der Waals surface area (Å²) in [7, 11) is 2.19. The van der Waals surface area contributed by atoms with Gasteiger partial charge in [0.05, 0.1) is 11.4 Å². The van der Waals surface area contributed by atoms with Crippen LogP contribution in [0.15, 0.2) is 51.8 Å². The molecule has 4 aliphatic rings. The maximum Gasteiger partial charge on any atom is 0.0825 e. The van der Waals surface area contributed by atoms with Gasteiger partial charge < -0.3 is 9.80 Å². The lowest BCUT2D eigenvalue weighted by Crippen LogP contribution is -2.51. The van der Waals surface area contributed by atoms with E-state index in [1.165, 1.54) is 32.7 Å². The van der Waals surface area contributed by atoms with Crippen molar-refractivity contribution in [3.63, 3.8) is 0 Å². The maximum absolute atomic E-state index is 6.41. The lowest BCUT2D eigenvalue weighted by Gasteiger charge is -2.40. The molecule has 5 rings (SSSR count). The van der Waals surface area contributed by atoms with E-state index in [-0.39, 0.29) is 0 Å². The van der Waals surface area contributed by atoms with E-state index in [1.54, 1.807) is 0 Å². The van der Waals surface area contributed by atoms with E-state index in [0.29, 0.717) is 0 Å². The van der Waals surface area contributed by atoms with Gasteiger partial charge in [-0.25, -0.2) is 5.01 Å². The van der Waals surface area contributed by atoms with Crippen LogP contribution in [0.25, 0.3) is 0 Å². The van der Waals surface area contributed by atoms with E-state index >= 15 is 0 Å². The van der Waals surface area contributed by atoms with Crippen molar-refractivity contribution in [1.82, 2.24) is 9.91 Å². The third-order valence-corrected chi connectivity index (χ3v) is 6.48. The monoisotopic (exact) mass is 432 g/mol. The van der Waals surface area contributed by atoms with E-state index in [4.69, 9.17) is 11.6 Å². The normalized spacial score (nSPS) is 23.5. The van der Waals surface area contributed by atoms with Gasteiger partial charge in [0.25, 0.3) is 0 Å². The van der Waals surface area contributed by atoms with Crippen LogP contribution in [-0.2, 0) is 0 Å². The lowest BCUT2D eigenvalue weighted by atomic mass is 9.99. The Hall–Kier alpha value is -1.27. The number of hydrogen-bond acceptors (Lipinski definition) is 4. The molecule has 0 aromatic heterocycles. The molecule has 1 aromatic rings. The first-order chi connectivity index (χ1) is 12.6. The van der Waals surface area contributed by atoms with Crippen LogP contribution in [-0.4, -0.2) is 49.7 Å². The number of fused-ring (bicyclic) bond motifs is 2. The van der Waals surface area contributed by atoms with Crippen molar-refractivity contribution in [3.8, 4) is 0 Å². The number of hydrazine groups is 1. The van der Waals surface area contributed by atoms with Gasteiger partial charge in [0.1, 0.15) is 0 Å². The van der Waals surface area contributed by atoms with E-state index in [2.05, 4.69) is 67.2 Å². The zero-order chi connectivity index (χ0) is 17.8. The van der Waals surface area contributed by atoms with E-state index < -0.39 is 0 Å². The molecule has 1 aliphatic carbocycles. The average molecular weight is 434 g/mol. The quantitative estimate of drug-likeness (QED) is 0.652. The van der Waals surface area contributed by atoms with Crippen molar-refractivity contribution in [2.45, 2.75) is 12.8 Å². The van der Waals surface area contributed by atoms with Crippen molar-refractivity contribution < 1.29 is 0 Å². The van der Waals surface area contributed by atoms with Crippen molar-refractivity contribution in [2.75, 3.05) is 49.7 Å². The van der Waals surface area contributed by atoms with Crippen LogP contribution in [0.4, 0.5) is 11.4 Å². The number of rotatable bonds is 1. The molecule has 0 atom stereocenters. The van der Waals surface area contributed by atoms with Gasteiger partial charge in [-0.15, -0.1) is 0 Å². The van der Waals surface area contributed by atoms with Crippen molar-refractivity contribution >= 4 is 38.9 Å². The molecule has 3 heterocycles. The molecule has 0 radical (unpaired) electrons. The Morgan fingerprint density at radius 3 is 2.65 bits per heavy atom. The topological polar surface area (TPSA) is 13.0 Å². The minimum atomic E-state index is 0.788. The van der Waals surface area contributed by atoms with Crippen molar-refractivity contribution in [2.24, 2.45) is 0 Å². The van der Waals surface area contributed by atoms with Gasteiger partial charge in [0.2, 0.25) is 0 Å². The number of allylic oxidation sites excluding steroid dienone is 2. The molecule has 4 nitrogen and oxygen atoms in total. The summed E-state index contributed by atoms with van der Waals surface area (Å²) in [6.45, 7) is 5.23. The summed E-state index contributed by atoms with van der Waals surface area (Å²) >= 11 is 10.2. The first-order valence-electron chi connectivity index (χ1n) is 9.20. The lowest BCUT2D eigenvalue weighted by molar-refractivity contribution is 0.153. The first kappa shape index (κ1) is 16.9. The molecule has 0 saturated carbocycles. The highest BCUT2D eigenvalue weighted by molar-refractivity contribution is 9.11. The predicted molar refractivity (Wildman–Crippen MR) is 112 cm³/mol. The van der Waals surface area contributed by atoms with Crippen LogP contribution in [0.1, 0.15) is 12.8 Å². The van der Waals surface area contributed by atoms with Crippen LogP contribution >= 0.6 is 27.5 Å². The van der Waals surface area contributed by atoms with Gasteiger partial charge in [-0.1, -0.05) is 27.5 Å². The largest absolute Gasteiger partial charge is 0.339 e. The Labute approximate surface area is 168 Å². The standard InChI is InChI=1S/C20H22BrClN4/c1-23-6-8-24(9-7-23)26-13-15-11-16(21)10-14-4-5-25(20(14)15)18-3-2-17(22)12-19(18)26/h2-3,11-13H,4-10H2,1H3. The molecule has 6 heteroatoms. The molecule has 1 fully saturated rings. The summed E-state index contributed by atoms with van der Waals surface area (Å²) in [5.41, 5.74) is 6.67. The van der Waals surface area contributed by atoms with Gasteiger partial charge in [0, 0.05) is 61.6 Å². The fraction of sp³-hybridized carbons (Fsp3) is 0.400. The van der Waals surface area contributed by atoms with E-state index in [9.17, 15) is 0 Å². The number of halogens is 2. The second-order valence-corrected chi connectivity index (χ2v) is 8.90. The summed E-state index contributed by atoms with van der Waals surface area (Å²) < 4.78 is 1.27. The zero-order valence-corrected chi connectivity index (χ0v) is 17.2. The molecule has 0 bridgehead atoms. The van der Waals surface area contributed by atoms with Crippen LogP contribution in [0.3, 0.4) is 0 Å². The second-order valence-electron chi connectivity index (χ2n) is 7.44. The van der Waals surface area contributed by atoms with Crippen molar-refractivity contribution in [3.05, 3.63) is 56.8 Å². The molecule has 0 N–H and O–H groups in total. The Morgan fingerprint density at radius 1 is 1.04 bits per heavy atom. The molecule has 26 heavy (non-hydrogen) atoms. The van der Waals surface area contributed by atoms with Gasteiger partial charge in [-0.3, -0.25) is 5.01 Å². The highest BCUT2D eigenvalue weighted by Gasteiger charge is 2.35. The van der Waals surface area contributed by atoms with Gasteiger partial charge >= 0.3 is 0 Å². The van der Waals surface area contributed by atoms with Gasteiger partial charge in [-0.05, 0) is 47.8 Å². The molecular formula is C20H22BrClN4. The van der Waals surface area contributed by atoms with Gasteiger partial charge in [-0.2, -0.15) is 0 Å². The minimum absolute atomic E-state index is 0.788. The number of piperazine rings is 1. The highest BCUT2D eigenvalue weighted by Crippen LogP contribution is 2.47. The Kier molecular flexibility index (Phi) is 4.16. The van der Waals surface area contributed by atoms with Crippen LogP contribution < -0.4 is 9.91 Å². The number of nitrogens with zero attached hydrogens (tertiary/aromatic N) is 4. The number of anilines is 2. The summed E-state index contributed by atoms with van der Waals surface area (Å²) in [5.74, 6) is 0. The predicted octanol–water partition coefficient (Wildman–Crippen LogP) is 4.35. The van der Waals surface area contributed by atoms with Crippen molar-refractivity contribution in [1.29, 1.82) is 0 Å². The van der Waals surface area contributed by atoms with Gasteiger partial charge in [0.15, 0.2) is 0 Å².